The smallest absolute Gasteiger partial charge is 0.250 e. The number of piperidine rings is 1. The van der Waals surface area contributed by atoms with Crippen LogP contribution in [0.2, 0.25) is 0 Å². The van der Waals surface area contributed by atoms with Gasteiger partial charge in [0.25, 0.3) is 5.91 Å². The standard InChI is InChI=1S/C25H35N3O3S/c1-17(2)18-11-12-20-21(15-18)32-23(24(30)27-13-7-4-8-14-27)25(31)28(20)16-22(29)26-19-9-5-3-6-10-19/h11-12,15,17,19,23H,3-10,13-14,16H2,1-2H3,(H,26,29). The third kappa shape index (κ3) is 5.13. The van der Waals surface area contributed by atoms with Crippen LogP contribution in [0.1, 0.15) is 76.7 Å². The molecule has 1 atom stereocenters. The number of amides is 3. The monoisotopic (exact) mass is 457 g/mol. The first kappa shape index (κ1) is 23.1. The van der Waals surface area contributed by atoms with Crippen molar-refractivity contribution in [3.8, 4) is 0 Å². The van der Waals surface area contributed by atoms with Crippen LogP contribution in [-0.2, 0) is 14.4 Å². The number of benzene rings is 1. The molecule has 2 fully saturated rings. The summed E-state index contributed by atoms with van der Waals surface area (Å²) in [6.45, 7) is 5.65. The Labute approximate surface area is 195 Å². The van der Waals surface area contributed by atoms with Gasteiger partial charge >= 0.3 is 0 Å². The van der Waals surface area contributed by atoms with Crippen molar-refractivity contribution in [2.24, 2.45) is 0 Å². The second-order valence-electron chi connectivity index (χ2n) is 9.59. The number of rotatable bonds is 5. The van der Waals surface area contributed by atoms with E-state index in [9.17, 15) is 14.4 Å². The fourth-order valence-electron chi connectivity index (χ4n) is 4.91. The van der Waals surface area contributed by atoms with Crippen molar-refractivity contribution in [3.63, 3.8) is 0 Å². The van der Waals surface area contributed by atoms with Gasteiger partial charge in [0.05, 0.1) is 5.69 Å². The van der Waals surface area contributed by atoms with E-state index in [2.05, 4.69) is 25.2 Å². The molecule has 1 saturated carbocycles. The third-order valence-corrected chi connectivity index (χ3v) is 8.06. The molecule has 1 aromatic carbocycles. The summed E-state index contributed by atoms with van der Waals surface area (Å²) in [6.07, 6.45) is 8.59. The van der Waals surface area contributed by atoms with Crippen molar-refractivity contribution in [2.75, 3.05) is 24.5 Å². The molecule has 2 aliphatic heterocycles. The maximum absolute atomic E-state index is 13.5. The van der Waals surface area contributed by atoms with E-state index in [1.807, 2.05) is 17.0 Å². The predicted octanol–water partition coefficient (Wildman–Crippen LogP) is 4.08. The normalized spacial score (nSPS) is 22.1. The van der Waals surface area contributed by atoms with Gasteiger partial charge in [0.2, 0.25) is 11.8 Å². The number of hydrogen-bond donors (Lipinski definition) is 1. The lowest BCUT2D eigenvalue weighted by Crippen LogP contribution is -2.53. The molecule has 32 heavy (non-hydrogen) atoms. The molecule has 174 valence electrons. The molecular formula is C25H35N3O3S. The van der Waals surface area contributed by atoms with Crippen molar-refractivity contribution in [1.82, 2.24) is 10.2 Å². The number of hydrogen-bond acceptors (Lipinski definition) is 4. The predicted molar refractivity (Wildman–Crippen MR) is 128 cm³/mol. The molecule has 7 heteroatoms. The number of fused-ring (bicyclic) bond motifs is 1. The van der Waals surface area contributed by atoms with Gasteiger partial charge in [-0.3, -0.25) is 14.4 Å². The quantitative estimate of drug-likeness (QED) is 0.677. The summed E-state index contributed by atoms with van der Waals surface area (Å²) in [5, 5.41) is 2.31. The zero-order valence-electron chi connectivity index (χ0n) is 19.3. The highest BCUT2D eigenvalue weighted by Crippen LogP contribution is 2.41. The van der Waals surface area contributed by atoms with Gasteiger partial charge in [0.1, 0.15) is 6.54 Å². The van der Waals surface area contributed by atoms with E-state index in [1.165, 1.54) is 23.7 Å². The zero-order chi connectivity index (χ0) is 22.7. The van der Waals surface area contributed by atoms with Gasteiger partial charge in [-0.05, 0) is 55.7 Å². The topological polar surface area (TPSA) is 69.7 Å². The van der Waals surface area contributed by atoms with Crippen molar-refractivity contribution in [2.45, 2.75) is 87.3 Å². The van der Waals surface area contributed by atoms with Gasteiger partial charge in [0.15, 0.2) is 5.25 Å². The Balaban J connectivity index is 1.57. The third-order valence-electron chi connectivity index (χ3n) is 6.84. The lowest BCUT2D eigenvalue weighted by atomic mass is 9.95. The van der Waals surface area contributed by atoms with Crippen LogP contribution in [0.15, 0.2) is 23.1 Å². The molecule has 1 N–H and O–H groups in total. The number of carbonyl (C=O) groups is 3. The number of thioether (sulfide) groups is 1. The van der Waals surface area contributed by atoms with E-state index in [4.69, 9.17) is 0 Å². The van der Waals surface area contributed by atoms with Crippen LogP contribution in [0.5, 0.6) is 0 Å². The zero-order valence-corrected chi connectivity index (χ0v) is 20.1. The average molecular weight is 458 g/mol. The molecule has 3 amide bonds. The van der Waals surface area contributed by atoms with Crippen LogP contribution in [0.25, 0.3) is 0 Å². The van der Waals surface area contributed by atoms with Gasteiger partial charge in [-0.1, -0.05) is 39.2 Å². The van der Waals surface area contributed by atoms with Gasteiger partial charge in [-0.25, -0.2) is 0 Å². The Bertz CT molecular complexity index is 860. The van der Waals surface area contributed by atoms with E-state index in [0.29, 0.717) is 19.0 Å². The molecule has 3 aliphatic rings. The summed E-state index contributed by atoms with van der Waals surface area (Å²) in [5.41, 5.74) is 1.91. The molecule has 0 radical (unpaired) electrons. The molecule has 0 spiro atoms. The second-order valence-corrected chi connectivity index (χ2v) is 10.7. The van der Waals surface area contributed by atoms with Crippen molar-refractivity contribution in [3.05, 3.63) is 23.8 Å². The van der Waals surface area contributed by atoms with Crippen LogP contribution >= 0.6 is 11.8 Å². The van der Waals surface area contributed by atoms with E-state index in [0.717, 1.165) is 55.5 Å². The Hall–Kier alpha value is -2.02. The summed E-state index contributed by atoms with van der Waals surface area (Å²) >= 11 is 1.35. The molecule has 4 rings (SSSR count). The summed E-state index contributed by atoms with van der Waals surface area (Å²) in [5.74, 6) is -0.176. The number of likely N-dealkylation sites (tertiary alicyclic amines) is 1. The SMILES string of the molecule is CC(C)c1ccc2c(c1)SC(C(=O)N1CCCCC1)C(=O)N2CC(=O)NC1CCCCC1. The number of carbonyl (C=O) groups excluding carboxylic acids is 3. The maximum Gasteiger partial charge on any atom is 0.250 e. The fraction of sp³-hybridized carbons (Fsp3) is 0.640. The molecule has 1 saturated heterocycles. The highest BCUT2D eigenvalue weighted by molar-refractivity contribution is 8.01. The second kappa shape index (κ2) is 10.3. The van der Waals surface area contributed by atoms with E-state index in [1.54, 1.807) is 4.90 Å². The number of nitrogens with zero attached hydrogens (tertiary/aromatic N) is 2. The minimum atomic E-state index is -0.814. The molecule has 0 bridgehead atoms. The lowest BCUT2D eigenvalue weighted by molar-refractivity contribution is -0.136. The molecule has 1 aliphatic carbocycles. The van der Waals surface area contributed by atoms with E-state index < -0.39 is 5.25 Å². The van der Waals surface area contributed by atoms with Gasteiger partial charge in [-0.2, -0.15) is 0 Å². The fourth-order valence-corrected chi connectivity index (χ4v) is 6.14. The van der Waals surface area contributed by atoms with Crippen LogP contribution in [0.3, 0.4) is 0 Å². The van der Waals surface area contributed by atoms with E-state index in [-0.39, 0.29) is 30.3 Å². The Kier molecular flexibility index (Phi) is 7.44. The summed E-state index contributed by atoms with van der Waals surface area (Å²) < 4.78 is 0. The number of anilines is 1. The van der Waals surface area contributed by atoms with Crippen LogP contribution in [0.4, 0.5) is 5.69 Å². The first-order chi connectivity index (χ1) is 15.4. The first-order valence-electron chi connectivity index (χ1n) is 12.1. The Morgan fingerprint density at radius 3 is 2.44 bits per heavy atom. The maximum atomic E-state index is 13.5. The van der Waals surface area contributed by atoms with Crippen LogP contribution in [-0.4, -0.2) is 53.5 Å². The van der Waals surface area contributed by atoms with E-state index >= 15 is 0 Å². The lowest BCUT2D eigenvalue weighted by Gasteiger charge is -2.36. The molecule has 1 aromatic rings. The van der Waals surface area contributed by atoms with Gasteiger partial charge < -0.3 is 15.1 Å². The van der Waals surface area contributed by atoms with Gasteiger partial charge in [-0.15, -0.1) is 11.8 Å². The molecule has 2 heterocycles. The van der Waals surface area contributed by atoms with Crippen LogP contribution in [0, 0.1) is 0 Å². The summed E-state index contributed by atoms with van der Waals surface area (Å²) in [4.78, 5) is 44.0. The van der Waals surface area contributed by atoms with Crippen molar-refractivity contribution < 1.29 is 14.4 Å². The van der Waals surface area contributed by atoms with Crippen LogP contribution < -0.4 is 10.2 Å². The molecule has 6 nitrogen and oxygen atoms in total. The minimum absolute atomic E-state index is 0.0340. The molecule has 0 aromatic heterocycles. The number of nitrogens with one attached hydrogen (secondary N) is 1. The Morgan fingerprint density at radius 1 is 1.06 bits per heavy atom. The minimum Gasteiger partial charge on any atom is -0.352 e. The highest BCUT2D eigenvalue weighted by Gasteiger charge is 2.41. The van der Waals surface area contributed by atoms with Gasteiger partial charge in [0, 0.05) is 24.0 Å². The van der Waals surface area contributed by atoms with Crippen molar-refractivity contribution in [1.29, 1.82) is 0 Å². The molecule has 1 unspecified atom stereocenters. The highest BCUT2D eigenvalue weighted by atomic mass is 32.2. The van der Waals surface area contributed by atoms with Crippen molar-refractivity contribution >= 4 is 35.2 Å². The largest absolute Gasteiger partial charge is 0.352 e. The summed E-state index contributed by atoms with van der Waals surface area (Å²) in [7, 11) is 0. The average Bonchev–Trinajstić information content (AvgIpc) is 2.81. The first-order valence-corrected chi connectivity index (χ1v) is 13.0. The Morgan fingerprint density at radius 2 is 1.75 bits per heavy atom. The molecular weight excluding hydrogens is 422 g/mol. The summed E-state index contributed by atoms with van der Waals surface area (Å²) in [6, 6.07) is 6.24.